The summed E-state index contributed by atoms with van der Waals surface area (Å²) in [7, 11) is 0. The van der Waals surface area contributed by atoms with Crippen molar-refractivity contribution in [3.05, 3.63) is 51.7 Å². The van der Waals surface area contributed by atoms with Crippen LogP contribution >= 0.6 is 34.8 Å². The monoisotopic (exact) mass is 315 g/mol. The molecule has 0 aliphatic heterocycles. The van der Waals surface area contributed by atoms with Crippen LogP contribution in [0.1, 0.15) is 0 Å². The summed E-state index contributed by atoms with van der Waals surface area (Å²) in [5.74, 6) is 0. The lowest BCUT2D eigenvalue weighted by Gasteiger charge is -2.10. The van der Waals surface area contributed by atoms with Gasteiger partial charge in [-0.1, -0.05) is 34.8 Å². The third-order valence-corrected chi connectivity index (χ3v) is 2.98. The Morgan fingerprint density at radius 3 is 2.37 bits per heavy atom. The van der Waals surface area contributed by atoms with E-state index in [1.807, 2.05) is 0 Å². The van der Waals surface area contributed by atoms with Gasteiger partial charge in [0, 0.05) is 11.2 Å². The van der Waals surface area contributed by atoms with Crippen molar-refractivity contribution in [2.45, 2.75) is 0 Å². The molecule has 0 radical (unpaired) electrons. The number of nitrogens with one attached hydrogen (secondary N) is 2. The first-order valence-electron chi connectivity index (χ1n) is 5.19. The Hall–Kier alpha value is -1.49. The predicted molar refractivity (Wildman–Crippen MR) is 78.4 cm³/mol. The quantitative estimate of drug-likeness (QED) is 0.844. The second-order valence-electron chi connectivity index (χ2n) is 3.57. The number of hydrogen-bond acceptors (Lipinski definition) is 2. The van der Waals surface area contributed by atoms with E-state index >= 15 is 0 Å². The molecule has 0 bridgehead atoms. The minimum Gasteiger partial charge on any atom is -0.306 e. The van der Waals surface area contributed by atoms with Gasteiger partial charge in [-0.05, 0) is 24.3 Å². The van der Waals surface area contributed by atoms with Crippen molar-refractivity contribution in [2.75, 3.05) is 10.6 Å². The molecular weight excluding hydrogens is 309 g/mol. The lowest BCUT2D eigenvalue weighted by atomic mass is 10.3. The van der Waals surface area contributed by atoms with Gasteiger partial charge >= 0.3 is 6.03 Å². The van der Waals surface area contributed by atoms with Crippen LogP contribution in [0.15, 0.2) is 36.7 Å². The first kappa shape index (κ1) is 13.9. The Morgan fingerprint density at radius 1 is 1.11 bits per heavy atom. The fourth-order valence-electron chi connectivity index (χ4n) is 1.37. The molecule has 0 aliphatic rings. The molecule has 0 saturated heterocycles. The summed E-state index contributed by atoms with van der Waals surface area (Å²) in [6.45, 7) is 0. The normalized spacial score (nSPS) is 10.1. The molecule has 2 rings (SSSR count). The lowest BCUT2D eigenvalue weighted by molar-refractivity contribution is 0.262. The number of benzene rings is 1. The highest BCUT2D eigenvalue weighted by Gasteiger charge is 2.11. The number of nitrogens with zero attached hydrogens (tertiary/aromatic N) is 1. The molecule has 2 aromatic rings. The second-order valence-corrected chi connectivity index (χ2v) is 4.82. The molecule has 2 N–H and O–H groups in total. The Morgan fingerprint density at radius 2 is 1.79 bits per heavy atom. The fourth-order valence-corrected chi connectivity index (χ4v) is 2.29. The van der Waals surface area contributed by atoms with Crippen LogP contribution in [-0.4, -0.2) is 11.0 Å². The summed E-state index contributed by atoms with van der Waals surface area (Å²) in [6.07, 6.45) is 3.13. The Kier molecular flexibility index (Phi) is 4.47. The number of rotatable bonds is 2. The number of aromatic nitrogens is 1. The summed E-state index contributed by atoms with van der Waals surface area (Å²) in [5.41, 5.74) is 0.857. The first-order valence-corrected chi connectivity index (χ1v) is 6.32. The SMILES string of the molecule is O=C(Nc1cccnc1)Nc1c(Cl)cc(Cl)cc1Cl. The molecule has 0 atom stereocenters. The van der Waals surface area contributed by atoms with Crippen LogP contribution in [0.3, 0.4) is 0 Å². The number of amides is 2. The van der Waals surface area contributed by atoms with Crippen molar-refractivity contribution in [1.29, 1.82) is 0 Å². The number of anilines is 2. The summed E-state index contributed by atoms with van der Waals surface area (Å²) >= 11 is 17.7. The van der Waals surface area contributed by atoms with E-state index in [1.165, 1.54) is 18.3 Å². The first-order chi connectivity index (χ1) is 9.06. The summed E-state index contributed by atoms with van der Waals surface area (Å²) in [6, 6.07) is 5.93. The van der Waals surface area contributed by atoms with Crippen LogP contribution in [0.2, 0.25) is 15.1 Å². The molecule has 2 amide bonds. The highest BCUT2D eigenvalue weighted by Crippen LogP contribution is 2.33. The molecule has 1 aromatic heterocycles. The van der Waals surface area contributed by atoms with E-state index < -0.39 is 6.03 Å². The van der Waals surface area contributed by atoms with E-state index in [9.17, 15) is 4.79 Å². The van der Waals surface area contributed by atoms with Gasteiger partial charge < -0.3 is 10.6 Å². The van der Waals surface area contributed by atoms with Gasteiger partial charge in [0.05, 0.1) is 27.6 Å². The number of hydrogen-bond donors (Lipinski definition) is 2. The van der Waals surface area contributed by atoms with Gasteiger partial charge in [0.2, 0.25) is 0 Å². The van der Waals surface area contributed by atoms with Crippen LogP contribution in [-0.2, 0) is 0 Å². The number of urea groups is 1. The predicted octanol–water partition coefficient (Wildman–Crippen LogP) is 4.69. The molecule has 0 fully saturated rings. The summed E-state index contributed by atoms with van der Waals surface area (Å²) < 4.78 is 0. The molecule has 98 valence electrons. The standard InChI is InChI=1S/C12H8Cl3N3O/c13-7-4-9(14)11(10(15)5-7)18-12(19)17-8-2-1-3-16-6-8/h1-6H,(H2,17,18,19). The lowest BCUT2D eigenvalue weighted by Crippen LogP contribution is -2.19. The maximum absolute atomic E-state index is 11.8. The molecule has 1 heterocycles. The van der Waals surface area contributed by atoms with Gasteiger partial charge in [-0.15, -0.1) is 0 Å². The van der Waals surface area contributed by atoms with E-state index in [-0.39, 0.29) is 10.0 Å². The van der Waals surface area contributed by atoms with Crippen molar-refractivity contribution in [3.8, 4) is 0 Å². The minimum absolute atomic E-state index is 0.263. The van der Waals surface area contributed by atoms with E-state index in [1.54, 1.807) is 18.3 Å². The summed E-state index contributed by atoms with van der Waals surface area (Å²) in [5, 5.41) is 6.07. The Bertz CT molecular complexity index is 581. The zero-order valence-corrected chi connectivity index (χ0v) is 11.7. The Balaban J connectivity index is 2.12. The third-order valence-electron chi connectivity index (χ3n) is 2.16. The van der Waals surface area contributed by atoms with Gasteiger partial charge in [0.25, 0.3) is 0 Å². The van der Waals surface area contributed by atoms with E-state index in [0.29, 0.717) is 16.4 Å². The molecule has 7 heteroatoms. The van der Waals surface area contributed by atoms with Crippen molar-refractivity contribution in [1.82, 2.24) is 4.98 Å². The molecule has 0 aliphatic carbocycles. The van der Waals surface area contributed by atoms with Crippen LogP contribution < -0.4 is 10.6 Å². The van der Waals surface area contributed by atoms with Crippen LogP contribution in [0.5, 0.6) is 0 Å². The average molecular weight is 317 g/mol. The van der Waals surface area contributed by atoms with Crippen molar-refractivity contribution in [3.63, 3.8) is 0 Å². The number of carbonyl (C=O) groups is 1. The van der Waals surface area contributed by atoms with Gasteiger partial charge in [0.1, 0.15) is 0 Å². The fraction of sp³-hybridized carbons (Fsp3) is 0. The summed E-state index contributed by atoms with van der Waals surface area (Å²) in [4.78, 5) is 15.7. The van der Waals surface area contributed by atoms with Gasteiger partial charge in [-0.25, -0.2) is 4.79 Å². The largest absolute Gasteiger partial charge is 0.323 e. The maximum atomic E-state index is 11.8. The van der Waals surface area contributed by atoms with Gasteiger partial charge in [-0.2, -0.15) is 0 Å². The maximum Gasteiger partial charge on any atom is 0.323 e. The van der Waals surface area contributed by atoms with Crippen molar-refractivity contribution < 1.29 is 4.79 Å². The molecule has 0 unspecified atom stereocenters. The topological polar surface area (TPSA) is 54.0 Å². The highest BCUT2D eigenvalue weighted by molar-refractivity contribution is 6.42. The van der Waals surface area contributed by atoms with Crippen LogP contribution in [0.25, 0.3) is 0 Å². The van der Waals surface area contributed by atoms with Crippen molar-refractivity contribution >= 4 is 52.2 Å². The number of carbonyl (C=O) groups excluding carboxylic acids is 1. The van der Waals surface area contributed by atoms with Gasteiger partial charge in [0.15, 0.2) is 0 Å². The molecule has 0 spiro atoms. The third kappa shape index (κ3) is 3.73. The zero-order valence-electron chi connectivity index (χ0n) is 9.45. The van der Waals surface area contributed by atoms with E-state index in [4.69, 9.17) is 34.8 Å². The van der Waals surface area contributed by atoms with E-state index in [0.717, 1.165) is 0 Å². The van der Waals surface area contributed by atoms with Crippen LogP contribution in [0.4, 0.5) is 16.2 Å². The Labute approximate surface area is 124 Å². The average Bonchev–Trinajstić information content (AvgIpc) is 2.35. The zero-order chi connectivity index (χ0) is 13.8. The highest BCUT2D eigenvalue weighted by atomic mass is 35.5. The molecule has 4 nitrogen and oxygen atoms in total. The molecule has 1 aromatic carbocycles. The molecule has 19 heavy (non-hydrogen) atoms. The van der Waals surface area contributed by atoms with Crippen molar-refractivity contribution in [2.24, 2.45) is 0 Å². The van der Waals surface area contributed by atoms with Gasteiger partial charge in [-0.3, -0.25) is 4.98 Å². The number of halogens is 3. The molecular formula is C12H8Cl3N3O. The minimum atomic E-state index is -0.473. The second kappa shape index (κ2) is 6.10. The number of pyridine rings is 1. The van der Waals surface area contributed by atoms with E-state index in [2.05, 4.69) is 15.6 Å². The molecule has 0 saturated carbocycles. The van der Waals surface area contributed by atoms with Crippen LogP contribution in [0, 0.1) is 0 Å². The smallest absolute Gasteiger partial charge is 0.306 e.